The number of rotatable bonds is 86. The van der Waals surface area contributed by atoms with Crippen molar-refractivity contribution in [2.24, 2.45) is 11.8 Å². The highest BCUT2D eigenvalue weighted by atomic mass is 31.2. The van der Waals surface area contributed by atoms with Gasteiger partial charge in [-0.1, -0.05) is 414 Å². The molecule has 0 saturated heterocycles. The van der Waals surface area contributed by atoms with Crippen molar-refractivity contribution in [1.29, 1.82) is 0 Å². The molecule has 17 nitrogen and oxygen atoms in total. The molecule has 0 aromatic carbocycles. The van der Waals surface area contributed by atoms with Crippen molar-refractivity contribution in [1.82, 2.24) is 0 Å². The van der Waals surface area contributed by atoms with E-state index in [0.717, 1.165) is 102 Å². The largest absolute Gasteiger partial charge is 0.472 e. The average Bonchev–Trinajstić information content (AvgIpc) is 0.901. The molecule has 106 heavy (non-hydrogen) atoms. The monoisotopic (exact) mass is 1550 g/mol. The summed E-state index contributed by atoms with van der Waals surface area (Å²) >= 11 is 0. The van der Waals surface area contributed by atoms with Crippen LogP contribution in [0.25, 0.3) is 0 Å². The third-order valence-electron chi connectivity index (χ3n) is 20.8. The molecular weight excluding hydrogens is 1380 g/mol. The van der Waals surface area contributed by atoms with Gasteiger partial charge in [-0.3, -0.25) is 37.3 Å². The summed E-state index contributed by atoms with van der Waals surface area (Å²) in [5, 5.41) is 10.7. The Balaban J connectivity index is 5.24. The Bertz CT molecular complexity index is 2030. The summed E-state index contributed by atoms with van der Waals surface area (Å²) in [5.74, 6) is -0.484. The molecule has 0 fully saturated rings. The molecule has 630 valence electrons. The van der Waals surface area contributed by atoms with Crippen molar-refractivity contribution in [3.63, 3.8) is 0 Å². The quantitative estimate of drug-likeness (QED) is 0.0222. The van der Waals surface area contributed by atoms with Crippen LogP contribution in [0, 0.1) is 11.8 Å². The molecule has 0 bridgehead atoms. The maximum atomic E-state index is 13.2. The van der Waals surface area contributed by atoms with Gasteiger partial charge >= 0.3 is 39.5 Å². The van der Waals surface area contributed by atoms with E-state index in [9.17, 15) is 43.2 Å². The van der Waals surface area contributed by atoms with Gasteiger partial charge in [-0.15, -0.1) is 0 Å². The van der Waals surface area contributed by atoms with Crippen molar-refractivity contribution in [3.05, 3.63) is 0 Å². The van der Waals surface area contributed by atoms with Crippen LogP contribution in [0.5, 0.6) is 0 Å². The van der Waals surface area contributed by atoms with Crippen LogP contribution in [0.2, 0.25) is 0 Å². The zero-order valence-corrected chi connectivity index (χ0v) is 71.5. The van der Waals surface area contributed by atoms with Gasteiger partial charge in [0.15, 0.2) is 12.2 Å². The lowest BCUT2D eigenvalue weighted by molar-refractivity contribution is -0.161. The van der Waals surface area contributed by atoms with Gasteiger partial charge in [-0.25, -0.2) is 9.13 Å². The molecular formula is C87H170O17P2. The Kier molecular flexibility index (Phi) is 76.9. The molecule has 0 radical (unpaired) electrons. The Hall–Kier alpha value is -1.94. The predicted molar refractivity (Wildman–Crippen MR) is 437 cm³/mol. The van der Waals surface area contributed by atoms with E-state index in [1.54, 1.807) is 0 Å². The zero-order chi connectivity index (χ0) is 77.8. The first-order chi connectivity index (χ1) is 51.4. The van der Waals surface area contributed by atoms with Crippen LogP contribution in [-0.2, 0) is 65.4 Å². The minimum absolute atomic E-state index is 0.108. The van der Waals surface area contributed by atoms with Gasteiger partial charge in [0.2, 0.25) is 0 Å². The number of ether oxygens (including phenoxy) is 4. The predicted octanol–water partition coefficient (Wildman–Crippen LogP) is 26.6. The molecule has 0 amide bonds. The second-order valence-corrected chi connectivity index (χ2v) is 34.9. The van der Waals surface area contributed by atoms with Crippen molar-refractivity contribution in [2.75, 3.05) is 39.6 Å². The topological polar surface area (TPSA) is 237 Å². The van der Waals surface area contributed by atoms with Crippen LogP contribution >= 0.6 is 15.6 Å². The second-order valence-electron chi connectivity index (χ2n) is 32.0. The molecule has 19 heteroatoms. The number of hydrogen-bond donors (Lipinski definition) is 3. The summed E-state index contributed by atoms with van der Waals surface area (Å²) in [6.45, 7) is 9.73. The number of phosphoric ester groups is 2. The molecule has 0 heterocycles. The van der Waals surface area contributed by atoms with Gasteiger partial charge in [0.05, 0.1) is 26.4 Å². The fourth-order valence-electron chi connectivity index (χ4n) is 13.6. The second kappa shape index (κ2) is 78.3. The maximum Gasteiger partial charge on any atom is 0.472 e. The lowest BCUT2D eigenvalue weighted by Crippen LogP contribution is -2.30. The van der Waals surface area contributed by atoms with Crippen LogP contribution in [0.3, 0.4) is 0 Å². The Morgan fingerprint density at radius 1 is 0.274 bits per heavy atom. The third-order valence-corrected chi connectivity index (χ3v) is 22.7. The van der Waals surface area contributed by atoms with E-state index in [1.807, 2.05) is 0 Å². The Morgan fingerprint density at radius 3 is 0.717 bits per heavy atom. The van der Waals surface area contributed by atoms with E-state index in [1.165, 1.54) is 283 Å². The van der Waals surface area contributed by atoms with Crippen molar-refractivity contribution < 1.29 is 80.2 Å². The number of aliphatic hydroxyl groups is 1. The summed E-state index contributed by atoms with van der Waals surface area (Å²) in [6, 6.07) is 0. The number of carbonyl (C=O) groups excluding carboxylic acids is 4. The highest BCUT2D eigenvalue weighted by molar-refractivity contribution is 7.47. The number of phosphoric acid groups is 2. The minimum Gasteiger partial charge on any atom is -0.462 e. The van der Waals surface area contributed by atoms with Crippen LogP contribution in [0.1, 0.15) is 465 Å². The molecule has 0 spiro atoms. The SMILES string of the molecule is CCCCCCCCCCCCCCCCCCCC(=O)OC[C@H](COP(=O)(O)OC[C@@H](O)COP(=O)(O)OC[C@@H](COC(=O)CCCCCCCCCCCC(C)C)OC(=O)CCCCCCCCCCCCCCCCC)OC(=O)CCCCCCCCCCCCCCCCCCCCC(C)CC. The van der Waals surface area contributed by atoms with Crippen molar-refractivity contribution >= 4 is 39.5 Å². The molecule has 6 atom stereocenters. The van der Waals surface area contributed by atoms with Crippen molar-refractivity contribution in [3.8, 4) is 0 Å². The lowest BCUT2D eigenvalue weighted by atomic mass is 9.99. The van der Waals surface area contributed by atoms with Gasteiger partial charge in [0, 0.05) is 25.7 Å². The Labute approximate surface area is 651 Å². The highest BCUT2D eigenvalue weighted by Gasteiger charge is 2.30. The van der Waals surface area contributed by atoms with Gasteiger partial charge in [-0.2, -0.15) is 0 Å². The van der Waals surface area contributed by atoms with E-state index in [2.05, 4.69) is 41.5 Å². The molecule has 0 saturated carbocycles. The van der Waals surface area contributed by atoms with Gasteiger partial charge in [-0.05, 0) is 37.5 Å². The molecule has 0 rings (SSSR count). The van der Waals surface area contributed by atoms with Crippen LogP contribution in [0.15, 0.2) is 0 Å². The van der Waals surface area contributed by atoms with Gasteiger partial charge in [0.25, 0.3) is 0 Å². The first-order valence-corrected chi connectivity index (χ1v) is 48.0. The molecule has 0 aromatic heterocycles. The van der Waals surface area contributed by atoms with Crippen molar-refractivity contribution in [2.45, 2.75) is 484 Å². The normalized spacial score (nSPS) is 14.1. The zero-order valence-electron chi connectivity index (χ0n) is 69.7. The lowest BCUT2D eigenvalue weighted by Gasteiger charge is -2.21. The minimum atomic E-state index is -4.97. The molecule has 0 aliphatic heterocycles. The molecule has 3 unspecified atom stereocenters. The average molecular weight is 1550 g/mol. The third kappa shape index (κ3) is 78.7. The molecule has 0 aliphatic carbocycles. The van der Waals surface area contributed by atoms with E-state index < -0.39 is 97.5 Å². The van der Waals surface area contributed by atoms with Gasteiger partial charge in [0.1, 0.15) is 19.3 Å². The number of aliphatic hydroxyl groups excluding tert-OH is 1. The summed E-state index contributed by atoms with van der Waals surface area (Å²) in [5.41, 5.74) is 0. The Morgan fingerprint density at radius 2 is 0.481 bits per heavy atom. The first-order valence-electron chi connectivity index (χ1n) is 45.0. The smallest absolute Gasteiger partial charge is 0.462 e. The standard InChI is InChI=1S/C87H170O17P2/c1-7-10-12-14-16-18-20-22-24-27-32-35-39-45-51-57-63-69-84(89)97-75-82(103-87(92)72-66-60-54-47-41-37-33-29-26-25-28-31-34-38-44-50-56-62-68-80(6)9-3)77-101-105(93,94)99-73-81(88)74-100-106(95,96)102-78-83(76-98-85(90)70-64-58-52-48-42-43-49-55-61-67-79(4)5)104-86(91)71-65-59-53-46-40-36-30-23-21-19-17-15-13-11-8-2/h79-83,88H,7-78H2,1-6H3,(H,93,94)(H,95,96)/t80?,81-,82-,83-/m1/s1. The summed E-state index contributed by atoms with van der Waals surface area (Å²) < 4.78 is 68.9. The molecule has 3 N–H and O–H groups in total. The number of unbranched alkanes of at least 4 members (excludes halogenated alkanes) is 55. The maximum absolute atomic E-state index is 13.2. The highest BCUT2D eigenvalue weighted by Crippen LogP contribution is 2.45. The molecule has 0 aliphatic rings. The number of hydrogen-bond acceptors (Lipinski definition) is 15. The van der Waals surface area contributed by atoms with Gasteiger partial charge < -0.3 is 33.8 Å². The number of esters is 4. The molecule has 0 aromatic rings. The van der Waals surface area contributed by atoms with E-state index >= 15 is 0 Å². The van der Waals surface area contributed by atoms with Crippen LogP contribution in [0.4, 0.5) is 0 Å². The van der Waals surface area contributed by atoms with E-state index in [0.29, 0.717) is 25.7 Å². The van der Waals surface area contributed by atoms with E-state index in [4.69, 9.17) is 37.0 Å². The fourth-order valence-corrected chi connectivity index (χ4v) is 15.1. The summed E-state index contributed by atoms with van der Waals surface area (Å²) in [6.07, 6.45) is 70.7. The summed E-state index contributed by atoms with van der Waals surface area (Å²) in [4.78, 5) is 73.3. The fraction of sp³-hybridized carbons (Fsp3) is 0.954. The number of carbonyl (C=O) groups is 4. The van der Waals surface area contributed by atoms with Crippen LogP contribution < -0.4 is 0 Å². The van der Waals surface area contributed by atoms with E-state index in [-0.39, 0.29) is 25.7 Å². The first kappa shape index (κ1) is 104. The van der Waals surface area contributed by atoms with Crippen LogP contribution in [-0.4, -0.2) is 96.7 Å². The summed E-state index contributed by atoms with van der Waals surface area (Å²) in [7, 11) is -9.93.